The molecule has 0 unspecified atom stereocenters. The minimum absolute atomic E-state index is 0.175. The van der Waals surface area contributed by atoms with Crippen molar-refractivity contribution in [2.75, 3.05) is 6.54 Å². The maximum Gasteiger partial charge on any atom is 0.336 e. The molecule has 1 N–H and O–H groups in total. The predicted octanol–water partition coefficient (Wildman–Crippen LogP) is 5.01. The van der Waals surface area contributed by atoms with Gasteiger partial charge in [-0.3, -0.25) is 4.90 Å². The van der Waals surface area contributed by atoms with Crippen LogP contribution in [0.5, 0.6) is 5.75 Å². The van der Waals surface area contributed by atoms with Crippen molar-refractivity contribution in [2.24, 2.45) is 0 Å². The highest BCUT2D eigenvalue weighted by Gasteiger charge is 2.29. The van der Waals surface area contributed by atoms with E-state index < -0.39 is 0 Å². The highest BCUT2D eigenvalue weighted by atomic mass is 32.1. The van der Waals surface area contributed by atoms with Crippen LogP contribution in [0, 0.1) is 0 Å². The normalized spacial score (nSPS) is 17.5. The summed E-state index contributed by atoms with van der Waals surface area (Å²) in [5.74, 6) is 0.175. The monoisotopic (exact) mass is 406 g/mol. The van der Waals surface area contributed by atoms with Gasteiger partial charge in [0, 0.05) is 24.1 Å². The molecule has 0 spiro atoms. The van der Waals surface area contributed by atoms with Gasteiger partial charge in [0.1, 0.15) is 16.3 Å². The fraction of sp³-hybridized carbons (Fsp3) is 0.304. The molecule has 0 radical (unpaired) electrons. The van der Waals surface area contributed by atoms with Crippen LogP contribution in [0.3, 0.4) is 0 Å². The number of benzene rings is 2. The molecular formula is C23H22N2O3S. The van der Waals surface area contributed by atoms with E-state index in [9.17, 15) is 9.90 Å². The average molecular weight is 407 g/mol. The van der Waals surface area contributed by atoms with Crippen molar-refractivity contribution in [3.05, 3.63) is 69.0 Å². The van der Waals surface area contributed by atoms with Gasteiger partial charge in [-0.05, 0) is 55.1 Å². The lowest BCUT2D eigenvalue weighted by Gasteiger charge is -2.23. The van der Waals surface area contributed by atoms with Gasteiger partial charge in [0.05, 0.1) is 16.3 Å². The zero-order valence-corrected chi connectivity index (χ0v) is 17.0. The number of aromatic hydroxyl groups is 1. The maximum absolute atomic E-state index is 12.1. The molecule has 0 aliphatic carbocycles. The van der Waals surface area contributed by atoms with E-state index in [0.717, 1.165) is 52.8 Å². The van der Waals surface area contributed by atoms with Gasteiger partial charge in [-0.1, -0.05) is 19.1 Å². The van der Waals surface area contributed by atoms with Crippen LogP contribution < -0.4 is 5.63 Å². The molecule has 1 atom stereocenters. The van der Waals surface area contributed by atoms with Crippen LogP contribution in [0.15, 0.2) is 51.7 Å². The van der Waals surface area contributed by atoms with Crippen molar-refractivity contribution in [1.29, 1.82) is 0 Å². The van der Waals surface area contributed by atoms with Gasteiger partial charge in [-0.2, -0.15) is 0 Å². The lowest BCUT2D eigenvalue weighted by atomic mass is 10.0. The third kappa shape index (κ3) is 3.32. The molecule has 29 heavy (non-hydrogen) atoms. The number of hydrogen-bond donors (Lipinski definition) is 1. The Labute approximate surface area is 172 Å². The number of likely N-dealkylation sites (tertiary alicyclic amines) is 1. The number of para-hydroxylation sites is 1. The molecule has 0 amide bonds. The van der Waals surface area contributed by atoms with E-state index in [-0.39, 0.29) is 17.4 Å². The Morgan fingerprint density at radius 3 is 2.93 bits per heavy atom. The van der Waals surface area contributed by atoms with Gasteiger partial charge in [0.15, 0.2) is 0 Å². The Morgan fingerprint density at radius 2 is 2.10 bits per heavy atom. The second-order valence-corrected chi connectivity index (χ2v) is 8.63. The molecule has 0 saturated carbocycles. The second-order valence-electron chi connectivity index (χ2n) is 7.57. The highest BCUT2D eigenvalue weighted by Crippen LogP contribution is 2.38. The molecule has 1 aliphatic rings. The lowest BCUT2D eigenvalue weighted by Crippen LogP contribution is -2.23. The van der Waals surface area contributed by atoms with Crippen molar-refractivity contribution in [3.8, 4) is 5.75 Å². The van der Waals surface area contributed by atoms with Crippen LogP contribution >= 0.6 is 11.3 Å². The Morgan fingerprint density at radius 1 is 1.24 bits per heavy atom. The first-order valence-electron chi connectivity index (χ1n) is 10.0. The van der Waals surface area contributed by atoms with Crippen LogP contribution in [-0.4, -0.2) is 21.5 Å². The third-order valence-electron chi connectivity index (χ3n) is 5.74. The summed E-state index contributed by atoms with van der Waals surface area (Å²) >= 11 is 1.76. The van der Waals surface area contributed by atoms with Gasteiger partial charge in [0.2, 0.25) is 0 Å². The number of fused-ring (bicyclic) bond motifs is 2. The van der Waals surface area contributed by atoms with Crippen molar-refractivity contribution in [2.45, 2.75) is 38.8 Å². The average Bonchev–Trinajstić information content (AvgIpc) is 3.33. The largest absolute Gasteiger partial charge is 0.508 e. The van der Waals surface area contributed by atoms with E-state index in [0.29, 0.717) is 12.1 Å². The molecular weight excluding hydrogens is 384 g/mol. The molecule has 3 heterocycles. The number of aryl methyl sites for hydroxylation is 1. The highest BCUT2D eigenvalue weighted by molar-refractivity contribution is 7.18. The van der Waals surface area contributed by atoms with Gasteiger partial charge < -0.3 is 9.52 Å². The first kappa shape index (κ1) is 18.3. The third-order valence-corrected chi connectivity index (χ3v) is 6.88. The molecule has 4 aromatic rings. The van der Waals surface area contributed by atoms with Crippen molar-refractivity contribution < 1.29 is 9.52 Å². The summed E-state index contributed by atoms with van der Waals surface area (Å²) < 4.78 is 6.57. The fourth-order valence-electron chi connectivity index (χ4n) is 4.27. The van der Waals surface area contributed by atoms with Crippen LogP contribution in [-0.2, 0) is 13.0 Å². The summed E-state index contributed by atoms with van der Waals surface area (Å²) in [5.41, 5.74) is 2.91. The van der Waals surface area contributed by atoms with Crippen LogP contribution in [0.4, 0.5) is 0 Å². The van der Waals surface area contributed by atoms with E-state index in [2.05, 4.69) is 17.0 Å². The Kier molecular flexibility index (Phi) is 4.60. The molecule has 2 aromatic carbocycles. The molecule has 5 nitrogen and oxygen atoms in total. The predicted molar refractivity (Wildman–Crippen MR) is 116 cm³/mol. The quantitative estimate of drug-likeness (QED) is 0.483. The zero-order chi connectivity index (χ0) is 20.0. The SMILES string of the molecule is CCc1cc2c(CN3CCC[C@H]3c3nc4ccccc4s3)cc(=O)oc2cc1O. The maximum atomic E-state index is 12.1. The number of nitrogens with zero attached hydrogens (tertiary/aromatic N) is 2. The molecule has 5 rings (SSSR count). The van der Waals surface area contributed by atoms with Gasteiger partial charge in [0.25, 0.3) is 0 Å². The summed E-state index contributed by atoms with van der Waals surface area (Å²) in [6, 6.07) is 13.6. The van der Waals surface area contributed by atoms with E-state index in [1.165, 1.54) is 4.70 Å². The van der Waals surface area contributed by atoms with Crippen LogP contribution in [0.2, 0.25) is 0 Å². The molecule has 2 aromatic heterocycles. The standard InChI is InChI=1S/C23H22N2O3S/c1-2-14-10-16-15(11-22(27)28-20(16)12-19(14)26)13-25-9-5-7-18(25)23-24-17-6-3-4-8-21(17)29-23/h3-4,6,8,10-12,18,26H,2,5,7,9,13H2,1H3/t18-/m0/s1. The Bertz CT molecular complexity index is 1230. The second kappa shape index (κ2) is 7.28. The summed E-state index contributed by atoms with van der Waals surface area (Å²) in [5, 5.41) is 12.2. The van der Waals surface area contributed by atoms with Crippen molar-refractivity contribution in [3.63, 3.8) is 0 Å². The topological polar surface area (TPSA) is 66.6 Å². The first-order chi connectivity index (χ1) is 14.1. The van der Waals surface area contributed by atoms with Crippen molar-refractivity contribution in [1.82, 2.24) is 9.88 Å². The molecule has 1 saturated heterocycles. The molecule has 1 aliphatic heterocycles. The number of phenolic OH excluding ortho intramolecular Hbond substituents is 1. The van der Waals surface area contributed by atoms with Gasteiger partial charge in [-0.15, -0.1) is 11.3 Å². The minimum Gasteiger partial charge on any atom is -0.508 e. The van der Waals surface area contributed by atoms with Gasteiger partial charge in [-0.25, -0.2) is 9.78 Å². The van der Waals surface area contributed by atoms with E-state index >= 15 is 0 Å². The summed E-state index contributed by atoms with van der Waals surface area (Å²) in [6.45, 7) is 3.64. The van der Waals surface area contributed by atoms with Crippen molar-refractivity contribution >= 4 is 32.5 Å². The number of thiazole rings is 1. The zero-order valence-electron chi connectivity index (χ0n) is 16.2. The smallest absolute Gasteiger partial charge is 0.336 e. The number of rotatable bonds is 4. The molecule has 148 valence electrons. The Hall–Kier alpha value is -2.70. The van der Waals surface area contributed by atoms with E-state index in [1.54, 1.807) is 23.5 Å². The van der Waals surface area contributed by atoms with Crippen LogP contribution in [0.25, 0.3) is 21.2 Å². The molecule has 6 heteroatoms. The summed E-state index contributed by atoms with van der Waals surface area (Å²) in [4.78, 5) is 19.4. The van der Waals surface area contributed by atoms with Gasteiger partial charge >= 0.3 is 5.63 Å². The number of aromatic nitrogens is 1. The molecule has 1 fully saturated rings. The minimum atomic E-state index is -0.383. The summed E-state index contributed by atoms with van der Waals surface area (Å²) in [6.07, 6.45) is 2.90. The molecule has 0 bridgehead atoms. The summed E-state index contributed by atoms with van der Waals surface area (Å²) in [7, 11) is 0. The van der Waals surface area contributed by atoms with Crippen LogP contribution in [0.1, 0.15) is 41.9 Å². The van der Waals surface area contributed by atoms with E-state index in [1.807, 2.05) is 25.1 Å². The Balaban J connectivity index is 1.53. The van der Waals surface area contributed by atoms with E-state index in [4.69, 9.17) is 9.40 Å². The first-order valence-corrected chi connectivity index (χ1v) is 10.8. The lowest BCUT2D eigenvalue weighted by molar-refractivity contribution is 0.248. The fourth-order valence-corrected chi connectivity index (χ4v) is 5.40. The number of hydrogen-bond acceptors (Lipinski definition) is 6. The number of phenols is 1.